The Hall–Kier alpha value is -4.58. The van der Waals surface area contributed by atoms with E-state index in [9.17, 15) is 34.9 Å². The first-order chi connectivity index (χ1) is 18.2. The molecule has 2 aromatic rings. The van der Waals surface area contributed by atoms with Gasteiger partial charge in [0, 0.05) is 30.8 Å². The molecule has 1 unspecified atom stereocenters. The molecule has 1 heterocycles. The van der Waals surface area contributed by atoms with Gasteiger partial charge in [0.2, 0.25) is 0 Å². The molecule has 1 N–H and O–H groups in total. The molecule has 38 heavy (non-hydrogen) atoms. The molecule has 0 saturated heterocycles. The Morgan fingerprint density at radius 2 is 1.45 bits per heavy atom. The van der Waals surface area contributed by atoms with Gasteiger partial charge in [0.25, 0.3) is 11.4 Å². The number of non-ortho nitro benzene ring substituents is 2. The van der Waals surface area contributed by atoms with Crippen LogP contribution in [-0.4, -0.2) is 51.6 Å². The number of hydrogen-bond acceptors (Lipinski definition) is 10. The molecule has 0 saturated carbocycles. The topological polar surface area (TPSA) is 162 Å². The highest BCUT2D eigenvalue weighted by Crippen LogP contribution is 2.48. The minimum Gasteiger partial charge on any atom is -0.511 e. The van der Waals surface area contributed by atoms with Crippen molar-refractivity contribution in [3.8, 4) is 0 Å². The van der Waals surface area contributed by atoms with Gasteiger partial charge in [-0.05, 0) is 25.0 Å². The van der Waals surface area contributed by atoms with Crippen molar-refractivity contribution in [1.82, 2.24) is 4.90 Å². The van der Waals surface area contributed by atoms with E-state index >= 15 is 0 Å². The Morgan fingerprint density at radius 1 is 0.947 bits per heavy atom. The lowest BCUT2D eigenvalue weighted by Crippen LogP contribution is -2.47. The van der Waals surface area contributed by atoms with Gasteiger partial charge in [-0.15, -0.1) is 6.58 Å². The number of carbonyl (C=O) groups is 2. The van der Waals surface area contributed by atoms with Gasteiger partial charge in [-0.25, -0.2) is 4.79 Å². The molecule has 3 atom stereocenters. The van der Waals surface area contributed by atoms with E-state index in [1.54, 1.807) is 18.7 Å². The van der Waals surface area contributed by atoms with E-state index in [2.05, 4.69) is 6.58 Å². The Balaban J connectivity index is 2.33. The van der Waals surface area contributed by atoms with E-state index in [0.717, 1.165) is 0 Å². The van der Waals surface area contributed by atoms with E-state index in [1.807, 2.05) is 0 Å². The third kappa shape index (κ3) is 5.54. The van der Waals surface area contributed by atoms with Crippen LogP contribution in [0.1, 0.15) is 37.1 Å². The van der Waals surface area contributed by atoms with Crippen molar-refractivity contribution in [3.05, 3.63) is 104 Å². The highest BCUT2D eigenvalue weighted by molar-refractivity contribution is 5.93. The first-order valence-electron chi connectivity index (χ1n) is 11.8. The zero-order valence-corrected chi connectivity index (χ0v) is 20.8. The molecule has 1 aliphatic heterocycles. The van der Waals surface area contributed by atoms with Crippen LogP contribution in [0.5, 0.6) is 0 Å². The Morgan fingerprint density at radius 3 is 1.89 bits per heavy atom. The summed E-state index contributed by atoms with van der Waals surface area (Å²) in [4.78, 5) is 49.4. The monoisotopic (exact) mass is 525 g/mol. The van der Waals surface area contributed by atoms with Gasteiger partial charge in [-0.3, -0.25) is 29.9 Å². The summed E-state index contributed by atoms with van der Waals surface area (Å²) in [5, 5.41) is 33.9. The zero-order valence-electron chi connectivity index (χ0n) is 20.8. The number of rotatable bonds is 10. The lowest BCUT2D eigenvalue weighted by molar-refractivity contribution is -0.385. The SMILES string of the molecule is C=CCN1[C@@H](c2ccc([N+](=O)[O-])cc2)C(C(=O)OCC)=C(O)C(C(=O)OCC)[C@@H]1c1ccc([N+](=O)[O-])cc1. The van der Waals surface area contributed by atoms with Crippen LogP contribution in [0.15, 0.2) is 72.5 Å². The molecule has 3 rings (SSSR count). The summed E-state index contributed by atoms with van der Waals surface area (Å²) < 4.78 is 10.5. The summed E-state index contributed by atoms with van der Waals surface area (Å²) >= 11 is 0. The molecular formula is C26H27N3O9. The first kappa shape index (κ1) is 28.0. The second-order valence-corrected chi connectivity index (χ2v) is 8.28. The highest BCUT2D eigenvalue weighted by atomic mass is 16.6. The fourth-order valence-corrected chi connectivity index (χ4v) is 4.55. The Kier molecular flexibility index (Phi) is 8.92. The fourth-order valence-electron chi connectivity index (χ4n) is 4.55. The van der Waals surface area contributed by atoms with Crippen LogP contribution in [0.4, 0.5) is 11.4 Å². The molecule has 12 nitrogen and oxygen atoms in total. The van der Waals surface area contributed by atoms with E-state index in [4.69, 9.17) is 9.47 Å². The van der Waals surface area contributed by atoms with Crippen molar-refractivity contribution in [2.24, 2.45) is 5.92 Å². The predicted molar refractivity (Wildman–Crippen MR) is 135 cm³/mol. The molecule has 200 valence electrons. The minimum absolute atomic E-state index is 0.00241. The number of carbonyl (C=O) groups excluding carboxylic acids is 2. The first-order valence-corrected chi connectivity index (χ1v) is 11.8. The third-order valence-electron chi connectivity index (χ3n) is 6.09. The molecule has 0 spiro atoms. The molecular weight excluding hydrogens is 498 g/mol. The number of aliphatic hydroxyl groups is 1. The zero-order chi connectivity index (χ0) is 28.0. The van der Waals surface area contributed by atoms with Crippen LogP contribution in [0.2, 0.25) is 0 Å². The van der Waals surface area contributed by atoms with Crippen molar-refractivity contribution < 1.29 is 34.0 Å². The van der Waals surface area contributed by atoms with E-state index in [-0.39, 0.29) is 36.7 Å². The van der Waals surface area contributed by atoms with Gasteiger partial charge >= 0.3 is 11.9 Å². The lowest BCUT2D eigenvalue weighted by atomic mass is 9.79. The fraction of sp³-hybridized carbons (Fsp3) is 0.308. The van der Waals surface area contributed by atoms with Crippen LogP contribution in [-0.2, 0) is 19.1 Å². The molecule has 12 heteroatoms. The van der Waals surface area contributed by atoms with Crippen molar-refractivity contribution in [1.29, 1.82) is 0 Å². The maximum Gasteiger partial charge on any atom is 0.339 e. The average molecular weight is 526 g/mol. The van der Waals surface area contributed by atoms with Gasteiger partial charge in [0.1, 0.15) is 11.7 Å². The summed E-state index contributed by atoms with van der Waals surface area (Å²) in [6.45, 7) is 7.04. The smallest absolute Gasteiger partial charge is 0.339 e. The van der Waals surface area contributed by atoms with Crippen LogP contribution in [0, 0.1) is 26.1 Å². The summed E-state index contributed by atoms with van der Waals surface area (Å²) in [7, 11) is 0. The second kappa shape index (κ2) is 12.1. The summed E-state index contributed by atoms with van der Waals surface area (Å²) in [5.41, 5.74) is 0.255. The standard InChI is InChI=1S/C26H27N3O9/c1-4-15-27-22(16-7-11-18(12-8-16)28(33)34)20(25(31)37-5-2)24(30)21(26(32)38-6-3)23(27)17-9-13-19(14-10-17)29(35)36/h4,7-14,20,22-23,30H,1,5-6,15H2,2-3H3/t20?,22-,23-/m0/s1. The third-order valence-corrected chi connectivity index (χ3v) is 6.09. The van der Waals surface area contributed by atoms with Gasteiger partial charge in [-0.2, -0.15) is 0 Å². The summed E-state index contributed by atoms with van der Waals surface area (Å²) in [6.07, 6.45) is 1.53. The minimum atomic E-state index is -1.38. The Bertz CT molecular complexity index is 1260. The number of ether oxygens (including phenoxy) is 2. The molecule has 0 fully saturated rings. The van der Waals surface area contributed by atoms with Crippen LogP contribution < -0.4 is 0 Å². The summed E-state index contributed by atoms with van der Waals surface area (Å²) in [6, 6.07) is 8.91. The molecule has 2 aromatic carbocycles. The maximum atomic E-state index is 13.2. The number of nitro benzene ring substituents is 2. The summed E-state index contributed by atoms with van der Waals surface area (Å²) in [5.74, 6) is -3.65. The number of nitro groups is 2. The molecule has 0 amide bonds. The molecule has 1 aliphatic rings. The van der Waals surface area contributed by atoms with Gasteiger partial charge in [0.15, 0.2) is 0 Å². The van der Waals surface area contributed by atoms with E-state index in [0.29, 0.717) is 11.1 Å². The molecule has 0 radical (unpaired) electrons. The molecule has 0 aromatic heterocycles. The molecule has 0 bridgehead atoms. The van der Waals surface area contributed by atoms with Gasteiger partial charge in [0.05, 0.1) is 40.7 Å². The predicted octanol–water partition coefficient (Wildman–Crippen LogP) is 4.34. The lowest BCUT2D eigenvalue weighted by Gasteiger charge is -2.45. The maximum absolute atomic E-state index is 13.2. The van der Waals surface area contributed by atoms with E-state index < -0.39 is 45.5 Å². The van der Waals surface area contributed by atoms with Crippen molar-refractivity contribution in [3.63, 3.8) is 0 Å². The normalized spacial score (nSPS) is 19.5. The van der Waals surface area contributed by atoms with Crippen LogP contribution >= 0.6 is 0 Å². The van der Waals surface area contributed by atoms with Crippen LogP contribution in [0.3, 0.4) is 0 Å². The average Bonchev–Trinajstić information content (AvgIpc) is 2.89. The highest BCUT2D eigenvalue weighted by Gasteiger charge is 2.50. The Labute approximate surface area is 218 Å². The number of benzene rings is 2. The molecule has 0 aliphatic carbocycles. The van der Waals surface area contributed by atoms with Gasteiger partial charge < -0.3 is 14.6 Å². The van der Waals surface area contributed by atoms with Crippen molar-refractivity contribution in [2.45, 2.75) is 25.9 Å². The van der Waals surface area contributed by atoms with Crippen molar-refractivity contribution >= 4 is 23.3 Å². The quantitative estimate of drug-likeness (QED) is 0.204. The number of esters is 2. The number of aliphatic hydroxyl groups excluding tert-OH is 1. The number of hydrogen-bond donors (Lipinski definition) is 1. The van der Waals surface area contributed by atoms with Crippen LogP contribution in [0.25, 0.3) is 0 Å². The van der Waals surface area contributed by atoms with Crippen molar-refractivity contribution in [2.75, 3.05) is 19.8 Å². The van der Waals surface area contributed by atoms with E-state index in [1.165, 1.54) is 54.6 Å². The van der Waals surface area contributed by atoms with Gasteiger partial charge in [-0.1, -0.05) is 30.3 Å². The largest absolute Gasteiger partial charge is 0.511 e. The second-order valence-electron chi connectivity index (χ2n) is 8.28. The number of nitrogens with zero attached hydrogens (tertiary/aromatic N) is 3.